The van der Waals surface area contributed by atoms with Crippen LogP contribution in [0.5, 0.6) is 0 Å². The van der Waals surface area contributed by atoms with Gasteiger partial charge in [0, 0.05) is 4.48 Å². The minimum absolute atomic E-state index is 0.149. The Labute approximate surface area is 76.6 Å². The largest absolute Gasteiger partial charge is 0.391 e. The Balaban J connectivity index is 2.34. The normalized spacial score (nSPS) is 22.2. The van der Waals surface area contributed by atoms with Gasteiger partial charge in [0.25, 0.3) is 0 Å². The van der Waals surface area contributed by atoms with Crippen LogP contribution in [0.15, 0.2) is 10.6 Å². The summed E-state index contributed by atoms with van der Waals surface area (Å²) in [5, 5.41) is 8.75. The van der Waals surface area contributed by atoms with Gasteiger partial charge in [-0.1, -0.05) is 41.3 Å². The van der Waals surface area contributed by atoms with Crippen molar-refractivity contribution >= 4 is 15.9 Å². The number of aliphatic hydroxyl groups is 1. The molecular formula is C9H15BrO. The number of aliphatic hydroxyl groups excluding tert-OH is 1. The molecule has 1 aliphatic carbocycles. The van der Waals surface area contributed by atoms with E-state index in [1.165, 1.54) is 32.1 Å². The molecule has 2 heteroatoms. The van der Waals surface area contributed by atoms with Gasteiger partial charge in [-0.05, 0) is 18.8 Å². The second-order valence-corrected chi connectivity index (χ2v) is 4.19. The van der Waals surface area contributed by atoms with E-state index >= 15 is 0 Å². The summed E-state index contributed by atoms with van der Waals surface area (Å²) in [4.78, 5) is 0. The Morgan fingerprint density at radius 1 is 1.36 bits per heavy atom. The number of hydrogen-bond acceptors (Lipinski definition) is 1. The van der Waals surface area contributed by atoms with Gasteiger partial charge in [0.05, 0.1) is 6.61 Å². The fourth-order valence-electron chi connectivity index (χ4n) is 1.61. The standard InChI is InChI=1S/C9H15BrO/c10-9(7-11)6-8-4-2-1-3-5-8/h6,8,11H,1-5,7H2/b9-6+. The lowest BCUT2D eigenvalue weighted by Gasteiger charge is -2.18. The molecule has 0 aromatic heterocycles. The van der Waals surface area contributed by atoms with Gasteiger partial charge in [0.15, 0.2) is 0 Å². The molecule has 1 fully saturated rings. The van der Waals surface area contributed by atoms with E-state index in [1.54, 1.807) is 0 Å². The highest BCUT2D eigenvalue weighted by Crippen LogP contribution is 2.26. The van der Waals surface area contributed by atoms with Crippen molar-refractivity contribution in [3.05, 3.63) is 10.6 Å². The third-order valence-electron chi connectivity index (χ3n) is 2.22. The topological polar surface area (TPSA) is 20.2 Å². The summed E-state index contributed by atoms with van der Waals surface area (Å²) in [6.45, 7) is 0.149. The van der Waals surface area contributed by atoms with E-state index in [1.807, 2.05) is 0 Å². The predicted octanol–water partition coefficient (Wildman–Crippen LogP) is 2.84. The van der Waals surface area contributed by atoms with Crippen molar-refractivity contribution in [1.82, 2.24) is 0 Å². The van der Waals surface area contributed by atoms with Crippen molar-refractivity contribution in [1.29, 1.82) is 0 Å². The summed E-state index contributed by atoms with van der Waals surface area (Å²) in [6, 6.07) is 0. The molecule has 0 heterocycles. The summed E-state index contributed by atoms with van der Waals surface area (Å²) in [7, 11) is 0. The Morgan fingerprint density at radius 2 is 2.00 bits per heavy atom. The van der Waals surface area contributed by atoms with Crippen molar-refractivity contribution in [2.45, 2.75) is 32.1 Å². The van der Waals surface area contributed by atoms with Crippen LogP contribution >= 0.6 is 15.9 Å². The second-order valence-electron chi connectivity index (χ2n) is 3.17. The van der Waals surface area contributed by atoms with Crippen LogP contribution in [0.25, 0.3) is 0 Å². The first-order chi connectivity index (χ1) is 5.33. The van der Waals surface area contributed by atoms with E-state index in [4.69, 9.17) is 5.11 Å². The quantitative estimate of drug-likeness (QED) is 0.757. The lowest BCUT2D eigenvalue weighted by molar-refractivity contribution is 0.337. The van der Waals surface area contributed by atoms with Crippen molar-refractivity contribution < 1.29 is 5.11 Å². The maximum absolute atomic E-state index is 8.75. The fraction of sp³-hybridized carbons (Fsp3) is 0.778. The molecular weight excluding hydrogens is 204 g/mol. The summed E-state index contributed by atoms with van der Waals surface area (Å²) in [5.74, 6) is 0.713. The van der Waals surface area contributed by atoms with Gasteiger partial charge in [0.2, 0.25) is 0 Å². The Morgan fingerprint density at radius 3 is 2.55 bits per heavy atom. The predicted molar refractivity (Wildman–Crippen MR) is 50.7 cm³/mol. The summed E-state index contributed by atoms with van der Waals surface area (Å²) >= 11 is 3.32. The molecule has 0 saturated heterocycles. The summed E-state index contributed by atoms with van der Waals surface area (Å²) < 4.78 is 0.949. The van der Waals surface area contributed by atoms with Gasteiger partial charge in [-0.15, -0.1) is 0 Å². The molecule has 0 radical (unpaired) electrons. The number of allylic oxidation sites excluding steroid dienone is 1. The van der Waals surface area contributed by atoms with Crippen LogP contribution in [0.4, 0.5) is 0 Å². The van der Waals surface area contributed by atoms with E-state index in [0.29, 0.717) is 5.92 Å². The molecule has 64 valence electrons. The Kier molecular flexibility index (Phi) is 4.16. The Bertz CT molecular complexity index is 136. The van der Waals surface area contributed by atoms with Crippen LogP contribution in [0.1, 0.15) is 32.1 Å². The van der Waals surface area contributed by atoms with Gasteiger partial charge < -0.3 is 5.11 Å². The first-order valence-corrected chi connectivity index (χ1v) is 5.09. The van der Waals surface area contributed by atoms with Gasteiger partial charge in [-0.3, -0.25) is 0 Å². The van der Waals surface area contributed by atoms with E-state index in [9.17, 15) is 0 Å². The molecule has 1 aliphatic rings. The second kappa shape index (κ2) is 4.94. The zero-order valence-electron chi connectivity index (χ0n) is 6.72. The first-order valence-electron chi connectivity index (χ1n) is 4.30. The zero-order chi connectivity index (χ0) is 8.10. The first kappa shape index (κ1) is 9.27. The lowest BCUT2D eigenvalue weighted by atomic mass is 9.89. The van der Waals surface area contributed by atoms with Gasteiger partial charge in [-0.2, -0.15) is 0 Å². The molecule has 1 saturated carbocycles. The molecule has 11 heavy (non-hydrogen) atoms. The van der Waals surface area contributed by atoms with Gasteiger partial charge in [0.1, 0.15) is 0 Å². The van der Waals surface area contributed by atoms with Crippen molar-refractivity contribution in [3.8, 4) is 0 Å². The van der Waals surface area contributed by atoms with Crippen LogP contribution < -0.4 is 0 Å². The van der Waals surface area contributed by atoms with E-state index in [0.717, 1.165) is 4.48 Å². The molecule has 0 aromatic rings. The van der Waals surface area contributed by atoms with Gasteiger partial charge >= 0.3 is 0 Å². The molecule has 0 aliphatic heterocycles. The highest BCUT2D eigenvalue weighted by molar-refractivity contribution is 9.11. The van der Waals surface area contributed by atoms with Crippen LogP contribution in [-0.2, 0) is 0 Å². The molecule has 0 aromatic carbocycles. The minimum Gasteiger partial charge on any atom is -0.391 e. The van der Waals surface area contributed by atoms with Crippen LogP contribution in [0, 0.1) is 5.92 Å². The monoisotopic (exact) mass is 218 g/mol. The number of rotatable bonds is 2. The Hall–Kier alpha value is 0.180. The van der Waals surface area contributed by atoms with Crippen molar-refractivity contribution in [3.63, 3.8) is 0 Å². The van der Waals surface area contributed by atoms with E-state index in [2.05, 4.69) is 22.0 Å². The van der Waals surface area contributed by atoms with Crippen molar-refractivity contribution in [2.75, 3.05) is 6.61 Å². The van der Waals surface area contributed by atoms with Crippen LogP contribution in [-0.4, -0.2) is 11.7 Å². The van der Waals surface area contributed by atoms with Crippen molar-refractivity contribution in [2.24, 2.45) is 5.92 Å². The lowest BCUT2D eigenvalue weighted by Crippen LogP contribution is -2.03. The molecule has 1 N–H and O–H groups in total. The fourth-order valence-corrected chi connectivity index (χ4v) is 1.98. The molecule has 0 spiro atoms. The molecule has 0 amide bonds. The van der Waals surface area contributed by atoms with E-state index < -0.39 is 0 Å². The smallest absolute Gasteiger partial charge is 0.0743 e. The maximum Gasteiger partial charge on any atom is 0.0743 e. The molecule has 1 rings (SSSR count). The molecule has 0 bridgehead atoms. The maximum atomic E-state index is 8.75. The third-order valence-corrected chi connectivity index (χ3v) is 2.73. The van der Waals surface area contributed by atoms with E-state index in [-0.39, 0.29) is 6.61 Å². The summed E-state index contributed by atoms with van der Waals surface area (Å²) in [5.41, 5.74) is 0. The van der Waals surface area contributed by atoms with Gasteiger partial charge in [-0.25, -0.2) is 0 Å². The third kappa shape index (κ3) is 3.39. The number of halogens is 1. The van der Waals surface area contributed by atoms with Crippen LogP contribution in [0.2, 0.25) is 0 Å². The minimum atomic E-state index is 0.149. The SMILES string of the molecule is OC/C(Br)=C\C1CCCCC1. The highest BCUT2D eigenvalue weighted by atomic mass is 79.9. The summed E-state index contributed by atoms with van der Waals surface area (Å²) in [6.07, 6.45) is 8.87. The molecule has 0 unspecified atom stereocenters. The molecule has 1 nitrogen and oxygen atoms in total. The zero-order valence-corrected chi connectivity index (χ0v) is 8.31. The average molecular weight is 219 g/mol. The average Bonchev–Trinajstić information content (AvgIpc) is 2.06. The number of hydrogen-bond donors (Lipinski definition) is 1. The highest BCUT2D eigenvalue weighted by Gasteiger charge is 2.10. The van der Waals surface area contributed by atoms with Crippen LogP contribution in [0.3, 0.4) is 0 Å². The molecule has 0 atom stereocenters.